The maximum atomic E-state index is 12.4. The predicted molar refractivity (Wildman–Crippen MR) is 114 cm³/mol. The summed E-state index contributed by atoms with van der Waals surface area (Å²) in [6.45, 7) is 4.61. The van der Waals surface area contributed by atoms with Crippen molar-refractivity contribution in [3.05, 3.63) is 60.7 Å². The van der Waals surface area contributed by atoms with E-state index in [1.807, 2.05) is 24.4 Å². The molecule has 1 aliphatic heterocycles. The van der Waals surface area contributed by atoms with Gasteiger partial charge in [-0.1, -0.05) is 6.07 Å². The van der Waals surface area contributed by atoms with Gasteiger partial charge in [-0.15, -0.1) is 0 Å². The van der Waals surface area contributed by atoms with Gasteiger partial charge < -0.3 is 19.9 Å². The van der Waals surface area contributed by atoms with Crippen molar-refractivity contribution in [2.75, 3.05) is 41.9 Å². The molecule has 1 fully saturated rings. The van der Waals surface area contributed by atoms with Crippen LogP contribution in [0.4, 0.5) is 17.5 Å². The van der Waals surface area contributed by atoms with Crippen LogP contribution < -0.4 is 19.9 Å². The third-order valence-corrected chi connectivity index (χ3v) is 4.96. The van der Waals surface area contributed by atoms with E-state index in [1.165, 1.54) is 13.3 Å². The number of carbonyl (C=O) groups excluding carboxylic acids is 1. The molecular formula is C21H23N7O2. The molecule has 0 spiro atoms. The van der Waals surface area contributed by atoms with Gasteiger partial charge in [0.1, 0.15) is 5.82 Å². The molecule has 0 saturated carbocycles. The highest BCUT2D eigenvalue weighted by Gasteiger charge is 2.26. The van der Waals surface area contributed by atoms with E-state index in [1.54, 1.807) is 24.5 Å². The second-order valence-electron chi connectivity index (χ2n) is 6.99. The Bertz CT molecular complexity index is 981. The summed E-state index contributed by atoms with van der Waals surface area (Å²) in [5, 5.41) is 2.79. The third-order valence-electron chi connectivity index (χ3n) is 4.96. The first kappa shape index (κ1) is 19.6. The fraction of sp³-hybridized carbons (Fsp3) is 0.286. The lowest BCUT2D eigenvalue weighted by Gasteiger charge is -2.40. The average Bonchev–Trinajstić information content (AvgIpc) is 2.80. The molecule has 9 nitrogen and oxygen atoms in total. The fourth-order valence-electron chi connectivity index (χ4n) is 3.38. The minimum absolute atomic E-state index is 0.228. The zero-order valence-electron chi connectivity index (χ0n) is 16.9. The number of pyridine rings is 2. The Hall–Kier alpha value is -3.75. The summed E-state index contributed by atoms with van der Waals surface area (Å²) < 4.78 is 5.00. The Kier molecular flexibility index (Phi) is 5.69. The molecule has 1 amide bonds. The van der Waals surface area contributed by atoms with Gasteiger partial charge in [-0.3, -0.25) is 4.79 Å². The van der Waals surface area contributed by atoms with E-state index in [0.29, 0.717) is 23.1 Å². The lowest BCUT2D eigenvalue weighted by molar-refractivity contribution is 0.102. The van der Waals surface area contributed by atoms with E-state index < -0.39 is 0 Å². The molecule has 3 aromatic rings. The van der Waals surface area contributed by atoms with Gasteiger partial charge >= 0.3 is 0 Å². The number of piperazine rings is 1. The third kappa shape index (κ3) is 4.29. The molecule has 154 valence electrons. The monoisotopic (exact) mass is 405 g/mol. The number of aromatic nitrogens is 4. The summed E-state index contributed by atoms with van der Waals surface area (Å²) in [5.41, 5.74) is 0.957. The van der Waals surface area contributed by atoms with Crippen molar-refractivity contribution in [2.24, 2.45) is 0 Å². The maximum absolute atomic E-state index is 12.4. The zero-order valence-corrected chi connectivity index (χ0v) is 16.9. The van der Waals surface area contributed by atoms with E-state index in [9.17, 15) is 4.79 Å². The number of hydrogen-bond donors (Lipinski definition) is 1. The van der Waals surface area contributed by atoms with Crippen molar-refractivity contribution >= 4 is 23.4 Å². The van der Waals surface area contributed by atoms with Crippen LogP contribution >= 0.6 is 0 Å². The molecule has 0 bridgehead atoms. The topological polar surface area (TPSA) is 96.4 Å². The van der Waals surface area contributed by atoms with E-state index in [0.717, 1.165) is 25.5 Å². The number of nitrogens with one attached hydrogen (secondary N) is 1. The molecule has 0 aromatic carbocycles. The predicted octanol–water partition coefficient (Wildman–Crippen LogP) is 2.24. The number of rotatable bonds is 5. The van der Waals surface area contributed by atoms with Gasteiger partial charge in [0.2, 0.25) is 11.8 Å². The second kappa shape index (κ2) is 8.73. The molecule has 4 rings (SSSR count). The molecule has 1 aliphatic rings. The van der Waals surface area contributed by atoms with E-state index >= 15 is 0 Å². The molecule has 4 heterocycles. The largest absolute Gasteiger partial charge is 0.481 e. The summed E-state index contributed by atoms with van der Waals surface area (Å²) >= 11 is 0. The molecule has 30 heavy (non-hydrogen) atoms. The Morgan fingerprint density at radius 2 is 1.90 bits per heavy atom. The summed E-state index contributed by atoms with van der Waals surface area (Å²) in [4.78, 5) is 34.2. The van der Waals surface area contributed by atoms with Crippen molar-refractivity contribution in [3.8, 4) is 5.88 Å². The van der Waals surface area contributed by atoms with Gasteiger partial charge in [-0.05, 0) is 25.1 Å². The van der Waals surface area contributed by atoms with Gasteiger partial charge in [-0.2, -0.15) is 0 Å². The first-order valence-corrected chi connectivity index (χ1v) is 9.70. The van der Waals surface area contributed by atoms with E-state index in [4.69, 9.17) is 4.74 Å². The maximum Gasteiger partial charge on any atom is 0.257 e. The number of anilines is 3. The summed E-state index contributed by atoms with van der Waals surface area (Å²) in [7, 11) is 1.53. The highest BCUT2D eigenvalue weighted by molar-refractivity contribution is 6.03. The molecule has 1 saturated heterocycles. The van der Waals surface area contributed by atoms with Crippen molar-refractivity contribution in [1.82, 2.24) is 19.9 Å². The molecule has 0 aliphatic carbocycles. The van der Waals surface area contributed by atoms with E-state index in [-0.39, 0.29) is 11.9 Å². The lowest BCUT2D eigenvalue weighted by Crippen LogP contribution is -2.53. The van der Waals surface area contributed by atoms with Gasteiger partial charge in [0.25, 0.3) is 5.91 Å². The lowest BCUT2D eigenvalue weighted by atomic mass is 10.2. The molecule has 1 N–H and O–H groups in total. The number of nitrogens with zero attached hydrogens (tertiary/aromatic N) is 6. The van der Waals surface area contributed by atoms with Crippen LogP contribution in [-0.2, 0) is 0 Å². The van der Waals surface area contributed by atoms with Crippen LogP contribution in [0.15, 0.2) is 55.1 Å². The van der Waals surface area contributed by atoms with Crippen molar-refractivity contribution in [1.29, 1.82) is 0 Å². The summed E-state index contributed by atoms with van der Waals surface area (Å²) in [6, 6.07) is 9.46. The number of hydrogen-bond acceptors (Lipinski definition) is 8. The quantitative estimate of drug-likeness (QED) is 0.690. The second-order valence-corrected chi connectivity index (χ2v) is 6.99. The Labute approximate surface area is 174 Å². The van der Waals surface area contributed by atoms with Gasteiger partial charge in [0.15, 0.2) is 0 Å². The van der Waals surface area contributed by atoms with Crippen molar-refractivity contribution in [2.45, 2.75) is 13.0 Å². The number of methoxy groups -OCH3 is 1. The smallest absolute Gasteiger partial charge is 0.257 e. The molecule has 0 unspecified atom stereocenters. The van der Waals surface area contributed by atoms with Crippen LogP contribution in [0.2, 0.25) is 0 Å². The number of ether oxygens (including phenoxy) is 1. The van der Waals surface area contributed by atoms with Crippen LogP contribution in [0.25, 0.3) is 0 Å². The Morgan fingerprint density at radius 1 is 1.07 bits per heavy atom. The SMILES string of the molecule is COc1ccc(C(=O)Nc2cnc(N3CCN(c4ccccn4)C[C@@H]3C)nc2)cn1. The molecular weight excluding hydrogens is 382 g/mol. The molecule has 3 aromatic heterocycles. The minimum Gasteiger partial charge on any atom is -0.481 e. The van der Waals surface area contributed by atoms with E-state index in [2.05, 4.69) is 42.0 Å². The summed E-state index contributed by atoms with van der Waals surface area (Å²) in [6.07, 6.45) is 6.51. The summed E-state index contributed by atoms with van der Waals surface area (Å²) in [5.74, 6) is 1.80. The first-order valence-electron chi connectivity index (χ1n) is 9.70. The van der Waals surface area contributed by atoms with Crippen LogP contribution in [0.5, 0.6) is 5.88 Å². The highest BCUT2D eigenvalue weighted by atomic mass is 16.5. The first-order chi connectivity index (χ1) is 14.6. The highest BCUT2D eigenvalue weighted by Crippen LogP contribution is 2.20. The Balaban J connectivity index is 1.38. The fourth-order valence-corrected chi connectivity index (χ4v) is 3.38. The van der Waals surface area contributed by atoms with Crippen LogP contribution in [-0.4, -0.2) is 58.6 Å². The molecule has 0 radical (unpaired) electrons. The standard InChI is InChI=1S/C21H23N7O2/c1-15-14-27(18-5-3-4-8-22-18)9-10-28(15)21-24-12-17(13-25-21)26-20(29)16-6-7-19(30-2)23-11-16/h3-8,11-13,15H,9-10,14H2,1-2H3,(H,26,29)/t15-/m0/s1. The Morgan fingerprint density at radius 3 is 2.53 bits per heavy atom. The minimum atomic E-state index is -0.279. The van der Waals surface area contributed by atoms with Crippen LogP contribution in [0.1, 0.15) is 17.3 Å². The zero-order chi connectivity index (χ0) is 20.9. The van der Waals surface area contributed by atoms with Gasteiger partial charge in [-0.25, -0.2) is 19.9 Å². The van der Waals surface area contributed by atoms with Crippen molar-refractivity contribution in [3.63, 3.8) is 0 Å². The normalized spacial score (nSPS) is 16.3. The number of amides is 1. The average molecular weight is 405 g/mol. The van der Waals surface area contributed by atoms with Gasteiger partial charge in [0.05, 0.1) is 30.8 Å². The number of carbonyl (C=O) groups is 1. The van der Waals surface area contributed by atoms with Crippen molar-refractivity contribution < 1.29 is 9.53 Å². The van der Waals surface area contributed by atoms with Crippen LogP contribution in [0.3, 0.4) is 0 Å². The van der Waals surface area contributed by atoms with Crippen LogP contribution in [0, 0.1) is 0 Å². The molecule has 9 heteroatoms. The van der Waals surface area contributed by atoms with Gasteiger partial charge in [0, 0.05) is 44.1 Å². The molecule has 1 atom stereocenters.